The molecule has 3 heterocycles. The second-order valence-electron chi connectivity index (χ2n) is 6.52. The van der Waals surface area contributed by atoms with Gasteiger partial charge in [0, 0.05) is 17.4 Å². The number of fused-ring (bicyclic) bond motifs is 1. The molecule has 3 aromatic rings. The molecule has 0 saturated heterocycles. The van der Waals surface area contributed by atoms with E-state index >= 15 is 0 Å². The Bertz CT molecular complexity index is 1020. The van der Waals surface area contributed by atoms with Gasteiger partial charge in [-0.2, -0.15) is 18.3 Å². The Morgan fingerprint density at radius 1 is 1.31 bits per heavy atom. The molecule has 152 valence electrons. The maximum atomic E-state index is 13.7. The highest BCUT2D eigenvalue weighted by Crippen LogP contribution is 2.43. The van der Waals surface area contributed by atoms with E-state index in [4.69, 9.17) is 4.42 Å². The van der Waals surface area contributed by atoms with Crippen molar-refractivity contribution in [3.8, 4) is 0 Å². The maximum Gasteiger partial charge on any atom is 0.410 e. The predicted molar refractivity (Wildman–Crippen MR) is 103 cm³/mol. The number of nitrogens with one attached hydrogen (secondary N) is 2. The molecule has 4 rings (SSSR count). The summed E-state index contributed by atoms with van der Waals surface area (Å²) in [6, 6.07) is 9.19. The van der Waals surface area contributed by atoms with Crippen LogP contribution in [-0.2, 0) is 0 Å². The Kier molecular flexibility index (Phi) is 5.03. The number of alkyl halides is 3. The first-order valence-corrected chi connectivity index (χ1v) is 10.00. The van der Waals surface area contributed by atoms with Crippen molar-refractivity contribution in [3.63, 3.8) is 0 Å². The van der Waals surface area contributed by atoms with Crippen LogP contribution in [0.3, 0.4) is 0 Å². The summed E-state index contributed by atoms with van der Waals surface area (Å²) in [4.78, 5) is 13.5. The fraction of sp³-hybridized carbons (Fsp3) is 0.263. The zero-order chi connectivity index (χ0) is 20.6. The van der Waals surface area contributed by atoms with E-state index in [-0.39, 0.29) is 17.9 Å². The van der Waals surface area contributed by atoms with Crippen LogP contribution in [0, 0.1) is 0 Å². The number of thioether (sulfide) groups is 1. The van der Waals surface area contributed by atoms with Crippen LogP contribution >= 0.6 is 11.8 Å². The number of para-hydroxylation sites is 1. The van der Waals surface area contributed by atoms with Crippen LogP contribution in [0.1, 0.15) is 34.8 Å². The number of amides is 1. The van der Waals surface area contributed by atoms with Gasteiger partial charge in [-0.3, -0.25) is 4.79 Å². The fourth-order valence-electron chi connectivity index (χ4n) is 3.29. The van der Waals surface area contributed by atoms with Crippen LogP contribution in [0.25, 0.3) is 0 Å². The van der Waals surface area contributed by atoms with Gasteiger partial charge in [0.05, 0.1) is 18.0 Å². The lowest BCUT2D eigenvalue weighted by Crippen LogP contribution is -2.35. The van der Waals surface area contributed by atoms with Gasteiger partial charge in [0.1, 0.15) is 11.6 Å². The highest BCUT2D eigenvalue weighted by atomic mass is 32.2. The first-order valence-electron chi connectivity index (χ1n) is 8.77. The maximum absolute atomic E-state index is 13.7. The highest BCUT2D eigenvalue weighted by molar-refractivity contribution is 7.98. The Labute approximate surface area is 168 Å². The molecule has 0 radical (unpaired) electrons. The summed E-state index contributed by atoms with van der Waals surface area (Å²) in [5.41, 5.74) is 0.475. The number of nitrogens with zero attached hydrogens (tertiary/aromatic N) is 2. The average molecular weight is 422 g/mol. The van der Waals surface area contributed by atoms with Crippen molar-refractivity contribution >= 4 is 29.2 Å². The molecule has 0 bridgehead atoms. The molecule has 29 heavy (non-hydrogen) atoms. The van der Waals surface area contributed by atoms with E-state index in [0.29, 0.717) is 11.4 Å². The molecule has 6 nitrogen and oxygen atoms in total. The smallest absolute Gasteiger partial charge is 0.410 e. The molecule has 0 fully saturated rings. The zero-order valence-corrected chi connectivity index (χ0v) is 16.1. The average Bonchev–Trinajstić information content (AvgIpc) is 3.36. The van der Waals surface area contributed by atoms with E-state index in [9.17, 15) is 18.0 Å². The fourth-order valence-corrected chi connectivity index (χ4v) is 3.85. The van der Waals surface area contributed by atoms with Gasteiger partial charge < -0.3 is 15.1 Å². The van der Waals surface area contributed by atoms with Gasteiger partial charge in [0.25, 0.3) is 5.91 Å². The first-order chi connectivity index (χ1) is 13.9. The lowest BCUT2D eigenvalue weighted by molar-refractivity contribution is -0.174. The van der Waals surface area contributed by atoms with Crippen LogP contribution in [0.5, 0.6) is 0 Å². The van der Waals surface area contributed by atoms with Gasteiger partial charge in [-0.1, -0.05) is 12.1 Å². The van der Waals surface area contributed by atoms with Crippen molar-refractivity contribution in [2.75, 3.05) is 16.9 Å². The molecule has 1 aromatic carbocycles. The van der Waals surface area contributed by atoms with Gasteiger partial charge in [-0.15, -0.1) is 11.8 Å². The number of anilines is 2. The SMILES string of the molecule is CSc1ccccc1NC(=O)c1cc2n(n1)[C@H](C(F)(F)F)C[C@H](c1ccco1)N2. The number of aromatic nitrogens is 2. The van der Waals surface area contributed by atoms with Crippen LogP contribution < -0.4 is 10.6 Å². The van der Waals surface area contributed by atoms with Crippen LogP contribution in [0.15, 0.2) is 58.0 Å². The van der Waals surface area contributed by atoms with Crippen molar-refractivity contribution in [3.05, 3.63) is 60.2 Å². The molecular formula is C19H17F3N4O2S. The second kappa shape index (κ2) is 7.51. The number of rotatable bonds is 4. The van der Waals surface area contributed by atoms with E-state index in [1.54, 1.807) is 24.3 Å². The Morgan fingerprint density at radius 2 is 2.10 bits per heavy atom. The number of hydrogen-bond donors (Lipinski definition) is 2. The molecule has 1 amide bonds. The summed E-state index contributed by atoms with van der Waals surface area (Å²) in [5.74, 6) is -0.0689. The number of halogens is 3. The molecule has 2 N–H and O–H groups in total. The minimum absolute atomic E-state index is 0.0993. The molecule has 2 aromatic heterocycles. The number of hydrogen-bond acceptors (Lipinski definition) is 5. The molecule has 1 aliphatic rings. The number of furan rings is 1. The Hall–Kier alpha value is -2.88. The summed E-state index contributed by atoms with van der Waals surface area (Å²) in [6.07, 6.45) is -1.53. The monoisotopic (exact) mass is 422 g/mol. The van der Waals surface area contributed by atoms with Gasteiger partial charge in [-0.05, 0) is 30.5 Å². The number of benzene rings is 1. The minimum atomic E-state index is -4.52. The minimum Gasteiger partial charge on any atom is -0.467 e. The van der Waals surface area contributed by atoms with E-state index in [1.165, 1.54) is 24.1 Å². The summed E-state index contributed by atoms with van der Waals surface area (Å²) in [7, 11) is 0. The summed E-state index contributed by atoms with van der Waals surface area (Å²) in [6.45, 7) is 0. The van der Waals surface area contributed by atoms with Crippen molar-refractivity contribution in [2.45, 2.75) is 29.6 Å². The Morgan fingerprint density at radius 3 is 2.79 bits per heavy atom. The lowest BCUT2D eigenvalue weighted by Gasteiger charge is -2.32. The third kappa shape index (κ3) is 3.84. The standard InChI is InChI=1S/C19H17F3N4O2S/c1-29-15-7-3-2-5-11(15)24-18(27)13-10-17-23-12(14-6-4-8-28-14)9-16(19(20,21)22)26(17)25-13/h2-8,10,12,16,23H,9H2,1H3,(H,24,27)/t12-,16+/m1/s1. The lowest BCUT2D eigenvalue weighted by atomic mass is 10.0. The predicted octanol–water partition coefficient (Wildman–Crippen LogP) is 5.11. The van der Waals surface area contributed by atoms with Crippen LogP contribution in [0.2, 0.25) is 0 Å². The molecular weight excluding hydrogens is 405 g/mol. The van der Waals surface area contributed by atoms with Crippen LogP contribution in [-0.4, -0.2) is 28.1 Å². The second-order valence-corrected chi connectivity index (χ2v) is 7.37. The third-order valence-corrected chi connectivity index (χ3v) is 5.46. The summed E-state index contributed by atoms with van der Waals surface area (Å²) in [5, 5.41) is 9.65. The summed E-state index contributed by atoms with van der Waals surface area (Å²) >= 11 is 1.45. The highest BCUT2D eigenvalue weighted by Gasteiger charge is 2.47. The van der Waals surface area contributed by atoms with Crippen molar-refractivity contribution in [2.24, 2.45) is 0 Å². The molecule has 0 spiro atoms. The van der Waals surface area contributed by atoms with Crippen molar-refractivity contribution in [1.82, 2.24) is 9.78 Å². The largest absolute Gasteiger partial charge is 0.467 e. The van der Waals surface area contributed by atoms with E-state index < -0.39 is 24.2 Å². The molecule has 10 heteroatoms. The van der Waals surface area contributed by atoms with Crippen molar-refractivity contribution in [1.29, 1.82) is 0 Å². The van der Waals surface area contributed by atoms with Gasteiger partial charge in [0.15, 0.2) is 11.7 Å². The Balaban J connectivity index is 1.64. The van der Waals surface area contributed by atoms with E-state index in [1.807, 2.05) is 18.4 Å². The van der Waals surface area contributed by atoms with E-state index in [2.05, 4.69) is 15.7 Å². The molecule has 0 aliphatic carbocycles. The van der Waals surface area contributed by atoms with Gasteiger partial charge in [-0.25, -0.2) is 4.68 Å². The zero-order valence-electron chi connectivity index (χ0n) is 15.2. The molecule has 2 atom stereocenters. The first kappa shape index (κ1) is 19.4. The molecule has 0 unspecified atom stereocenters. The normalized spacial score (nSPS) is 18.8. The molecule has 0 saturated carbocycles. The summed E-state index contributed by atoms with van der Waals surface area (Å²) < 4.78 is 47.1. The van der Waals surface area contributed by atoms with Gasteiger partial charge >= 0.3 is 6.18 Å². The van der Waals surface area contributed by atoms with Gasteiger partial charge in [0.2, 0.25) is 0 Å². The quantitative estimate of drug-likeness (QED) is 0.572. The van der Waals surface area contributed by atoms with Crippen molar-refractivity contribution < 1.29 is 22.4 Å². The van der Waals surface area contributed by atoms with E-state index in [0.717, 1.165) is 9.58 Å². The molecule has 1 aliphatic heterocycles. The van der Waals surface area contributed by atoms with Crippen LogP contribution in [0.4, 0.5) is 24.7 Å². The third-order valence-electron chi connectivity index (χ3n) is 4.66. The topological polar surface area (TPSA) is 72.1 Å². The number of carbonyl (C=O) groups excluding carboxylic acids is 1. The number of carbonyl (C=O) groups is 1.